The van der Waals surface area contributed by atoms with Crippen LogP contribution in [0.5, 0.6) is 5.75 Å². The molecule has 0 spiro atoms. The summed E-state index contributed by atoms with van der Waals surface area (Å²) in [7, 11) is -1.39. The molecule has 31 heavy (non-hydrogen) atoms. The van der Waals surface area contributed by atoms with E-state index in [2.05, 4.69) is 5.32 Å². The second-order valence-electron chi connectivity index (χ2n) is 7.71. The molecule has 0 radical (unpaired) electrons. The average molecular weight is 440 g/mol. The quantitative estimate of drug-likeness (QED) is 0.638. The molecule has 0 saturated carbocycles. The predicted octanol–water partition coefficient (Wildman–Crippen LogP) is 2.91. The Labute approximate surface area is 182 Å². The minimum absolute atomic E-state index is 0.105. The molecule has 1 amide bonds. The smallest absolute Gasteiger partial charge is 0.255 e. The lowest BCUT2D eigenvalue weighted by molar-refractivity contribution is 0.0935. The third kappa shape index (κ3) is 5.14. The number of carbonyl (C=O) groups excluding carboxylic acids is 1. The Kier molecular flexibility index (Phi) is 6.08. The van der Waals surface area contributed by atoms with Crippen molar-refractivity contribution in [2.24, 2.45) is 0 Å². The zero-order valence-corrected chi connectivity index (χ0v) is 18.1. The number of hydrogen-bond acceptors (Lipinski definition) is 5. The van der Waals surface area contributed by atoms with Crippen molar-refractivity contribution in [1.82, 2.24) is 15.1 Å². The highest BCUT2D eigenvalue weighted by atomic mass is 32.2. The van der Waals surface area contributed by atoms with E-state index < -0.39 is 9.84 Å². The van der Waals surface area contributed by atoms with Crippen molar-refractivity contribution in [2.75, 3.05) is 18.6 Å². The Balaban J connectivity index is 1.63. The number of sulfone groups is 1. The Morgan fingerprint density at radius 1 is 1.13 bits per heavy atom. The summed E-state index contributed by atoms with van der Waals surface area (Å²) >= 11 is 0. The SMILES string of the molecule is COc1cccc(-c2nn(Cc3ccccc3)cc2C(=O)NC2CCS(=O)(=O)CC2)c1. The molecule has 3 aromatic rings. The van der Waals surface area contributed by atoms with E-state index in [4.69, 9.17) is 9.84 Å². The topological polar surface area (TPSA) is 90.3 Å². The van der Waals surface area contributed by atoms with Crippen molar-refractivity contribution in [3.8, 4) is 17.0 Å². The van der Waals surface area contributed by atoms with Gasteiger partial charge >= 0.3 is 0 Å². The summed E-state index contributed by atoms with van der Waals surface area (Å²) in [5, 5.41) is 7.69. The Morgan fingerprint density at radius 3 is 2.58 bits per heavy atom. The lowest BCUT2D eigenvalue weighted by atomic mass is 10.1. The number of nitrogens with one attached hydrogen (secondary N) is 1. The molecule has 8 heteroatoms. The number of amides is 1. The van der Waals surface area contributed by atoms with Crippen molar-refractivity contribution in [3.63, 3.8) is 0 Å². The summed E-state index contributed by atoms with van der Waals surface area (Å²) < 4.78 is 30.5. The molecule has 1 saturated heterocycles. The maximum Gasteiger partial charge on any atom is 0.255 e. The van der Waals surface area contributed by atoms with Gasteiger partial charge in [0.2, 0.25) is 0 Å². The largest absolute Gasteiger partial charge is 0.497 e. The maximum atomic E-state index is 13.1. The first-order valence-corrected chi connectivity index (χ1v) is 12.0. The van der Waals surface area contributed by atoms with Crippen LogP contribution in [0.3, 0.4) is 0 Å². The molecule has 162 valence electrons. The van der Waals surface area contributed by atoms with E-state index in [9.17, 15) is 13.2 Å². The van der Waals surface area contributed by atoms with Crippen LogP contribution in [0.25, 0.3) is 11.3 Å². The molecule has 1 N–H and O–H groups in total. The summed E-state index contributed by atoms with van der Waals surface area (Å²) in [6, 6.07) is 17.2. The number of hydrogen-bond donors (Lipinski definition) is 1. The number of ether oxygens (including phenoxy) is 1. The molecule has 2 heterocycles. The third-order valence-corrected chi connectivity index (χ3v) is 7.14. The number of carbonyl (C=O) groups is 1. The van der Waals surface area contributed by atoms with Crippen molar-refractivity contribution < 1.29 is 17.9 Å². The number of rotatable bonds is 6. The fourth-order valence-corrected chi connectivity index (χ4v) is 5.21. The van der Waals surface area contributed by atoms with Gasteiger partial charge in [0.15, 0.2) is 0 Å². The highest BCUT2D eigenvalue weighted by Crippen LogP contribution is 2.26. The van der Waals surface area contributed by atoms with E-state index in [1.165, 1.54) is 0 Å². The third-order valence-electron chi connectivity index (χ3n) is 5.43. The van der Waals surface area contributed by atoms with Crippen LogP contribution in [-0.2, 0) is 16.4 Å². The zero-order valence-electron chi connectivity index (χ0n) is 17.3. The molecule has 7 nitrogen and oxygen atoms in total. The van der Waals surface area contributed by atoms with Gasteiger partial charge in [-0.25, -0.2) is 8.42 Å². The first-order valence-electron chi connectivity index (χ1n) is 10.2. The standard InChI is InChI=1S/C23H25N3O4S/c1-30-20-9-5-8-18(14-20)22-21(16-26(25-22)15-17-6-3-2-4-7-17)23(27)24-19-10-12-31(28,29)13-11-19/h2-9,14,16,19H,10-13,15H2,1H3,(H,24,27). The Bertz CT molecular complexity index is 1160. The predicted molar refractivity (Wildman–Crippen MR) is 119 cm³/mol. The van der Waals surface area contributed by atoms with Gasteiger partial charge < -0.3 is 10.1 Å². The molecule has 1 aliphatic rings. The minimum atomic E-state index is -2.99. The summed E-state index contributed by atoms with van der Waals surface area (Å²) in [4.78, 5) is 13.1. The van der Waals surface area contributed by atoms with Gasteiger partial charge in [-0.1, -0.05) is 42.5 Å². The molecule has 1 aromatic heterocycles. The van der Waals surface area contributed by atoms with Crippen molar-refractivity contribution in [1.29, 1.82) is 0 Å². The number of nitrogens with zero attached hydrogens (tertiary/aromatic N) is 2. The number of aromatic nitrogens is 2. The molecule has 0 atom stereocenters. The van der Waals surface area contributed by atoms with Gasteiger partial charge in [0.05, 0.1) is 30.7 Å². The monoisotopic (exact) mass is 439 g/mol. The van der Waals surface area contributed by atoms with Crippen molar-refractivity contribution in [3.05, 3.63) is 71.9 Å². The van der Waals surface area contributed by atoms with Gasteiger partial charge in [0.25, 0.3) is 5.91 Å². The van der Waals surface area contributed by atoms with Crippen LogP contribution in [-0.4, -0.2) is 48.8 Å². The molecular formula is C23H25N3O4S. The van der Waals surface area contributed by atoms with Gasteiger partial charge in [0, 0.05) is 17.8 Å². The molecule has 4 rings (SSSR count). The van der Waals surface area contributed by atoms with Crippen molar-refractivity contribution in [2.45, 2.75) is 25.4 Å². The normalized spacial score (nSPS) is 16.0. The summed E-state index contributed by atoms with van der Waals surface area (Å²) in [5.41, 5.74) is 2.88. The van der Waals surface area contributed by atoms with Gasteiger partial charge in [0.1, 0.15) is 21.3 Å². The van der Waals surface area contributed by atoms with E-state index in [1.807, 2.05) is 54.6 Å². The number of methoxy groups -OCH3 is 1. The molecule has 0 aliphatic carbocycles. The fourth-order valence-electron chi connectivity index (χ4n) is 3.72. The molecule has 2 aromatic carbocycles. The van der Waals surface area contributed by atoms with Gasteiger partial charge in [-0.05, 0) is 30.5 Å². The van der Waals surface area contributed by atoms with Crippen LogP contribution in [0.2, 0.25) is 0 Å². The minimum Gasteiger partial charge on any atom is -0.497 e. The Hall–Kier alpha value is -3.13. The molecule has 1 fully saturated rings. The van der Waals surface area contributed by atoms with Crippen LogP contribution in [0, 0.1) is 0 Å². The molecule has 0 bridgehead atoms. The van der Waals surface area contributed by atoms with Gasteiger partial charge in [-0.2, -0.15) is 5.10 Å². The first kappa shape index (κ1) is 21.1. The second-order valence-corrected chi connectivity index (χ2v) is 10.0. The zero-order chi connectivity index (χ0) is 21.8. The van der Waals surface area contributed by atoms with Crippen LogP contribution in [0.15, 0.2) is 60.8 Å². The highest BCUT2D eigenvalue weighted by Gasteiger charge is 2.27. The summed E-state index contributed by atoms with van der Waals surface area (Å²) in [5.74, 6) is 0.641. The summed E-state index contributed by atoms with van der Waals surface area (Å²) in [6.45, 7) is 0.534. The van der Waals surface area contributed by atoms with Crippen LogP contribution in [0.1, 0.15) is 28.8 Å². The van der Waals surface area contributed by atoms with Crippen molar-refractivity contribution >= 4 is 15.7 Å². The molecule has 1 aliphatic heterocycles. The first-order chi connectivity index (χ1) is 14.9. The highest BCUT2D eigenvalue weighted by molar-refractivity contribution is 7.91. The van der Waals surface area contributed by atoms with E-state index in [0.717, 1.165) is 11.1 Å². The maximum absolute atomic E-state index is 13.1. The average Bonchev–Trinajstić information content (AvgIpc) is 3.20. The Morgan fingerprint density at radius 2 is 1.87 bits per heavy atom. The molecule has 0 unspecified atom stereocenters. The van der Waals surface area contributed by atoms with Gasteiger partial charge in [-0.15, -0.1) is 0 Å². The van der Waals surface area contributed by atoms with Crippen LogP contribution < -0.4 is 10.1 Å². The second kappa shape index (κ2) is 8.93. The molecular weight excluding hydrogens is 414 g/mol. The van der Waals surface area contributed by atoms with Gasteiger partial charge in [-0.3, -0.25) is 9.48 Å². The number of benzene rings is 2. The fraction of sp³-hybridized carbons (Fsp3) is 0.304. The van der Waals surface area contributed by atoms with E-state index >= 15 is 0 Å². The van der Waals surface area contributed by atoms with E-state index in [-0.39, 0.29) is 23.5 Å². The lowest BCUT2D eigenvalue weighted by Gasteiger charge is -2.22. The van der Waals surface area contributed by atoms with Crippen LogP contribution in [0.4, 0.5) is 0 Å². The van der Waals surface area contributed by atoms with E-state index in [1.54, 1.807) is 18.0 Å². The van der Waals surface area contributed by atoms with Crippen LogP contribution >= 0.6 is 0 Å². The van der Waals surface area contributed by atoms with E-state index in [0.29, 0.717) is 36.4 Å². The summed E-state index contributed by atoms with van der Waals surface area (Å²) in [6.07, 6.45) is 2.61. The lowest BCUT2D eigenvalue weighted by Crippen LogP contribution is -2.40.